The molecule has 150 valence electrons. The summed E-state index contributed by atoms with van der Waals surface area (Å²) in [5, 5.41) is 14.9. The maximum atomic E-state index is 12.9. The largest absolute Gasteiger partial charge is 0.318 e. The van der Waals surface area contributed by atoms with Crippen molar-refractivity contribution in [3.63, 3.8) is 0 Å². The van der Waals surface area contributed by atoms with E-state index in [0.717, 1.165) is 5.69 Å². The summed E-state index contributed by atoms with van der Waals surface area (Å²) in [5.41, 5.74) is 1.98. The molecule has 0 aliphatic heterocycles. The Kier molecular flexibility index (Phi) is 4.98. The maximum Gasteiger partial charge on any atom is 0.276 e. The van der Waals surface area contributed by atoms with E-state index in [9.17, 15) is 13.2 Å². The number of nitrogens with one attached hydrogen (secondary N) is 2. The minimum absolute atomic E-state index is 0.0358. The molecule has 11 nitrogen and oxygen atoms in total. The fourth-order valence-electron chi connectivity index (χ4n) is 2.68. The monoisotopic (exact) mass is 406 g/mol. The molecule has 3 aromatic rings. The van der Waals surface area contributed by atoms with Gasteiger partial charge in [0.1, 0.15) is 4.90 Å². The van der Waals surface area contributed by atoms with Gasteiger partial charge in [0, 0.05) is 20.6 Å². The number of sulfonamides is 1. The summed E-state index contributed by atoms with van der Waals surface area (Å²) < 4.78 is 32.5. The second-order valence-electron chi connectivity index (χ2n) is 6.27. The van der Waals surface area contributed by atoms with Crippen LogP contribution in [0.3, 0.4) is 0 Å². The third-order valence-corrected chi connectivity index (χ3v) is 6.03. The lowest BCUT2D eigenvalue weighted by atomic mass is 10.3. The summed E-state index contributed by atoms with van der Waals surface area (Å²) >= 11 is 0. The van der Waals surface area contributed by atoms with E-state index in [1.54, 1.807) is 25.7 Å². The zero-order valence-corrected chi connectivity index (χ0v) is 17.1. The average molecular weight is 406 g/mol. The van der Waals surface area contributed by atoms with Crippen molar-refractivity contribution in [3.8, 4) is 0 Å². The number of nitrogens with zero attached hydrogens (tertiary/aromatic N) is 6. The molecule has 0 unspecified atom stereocenters. The van der Waals surface area contributed by atoms with Crippen LogP contribution in [-0.4, -0.2) is 43.7 Å². The van der Waals surface area contributed by atoms with Crippen LogP contribution in [-0.2, 0) is 30.7 Å². The quantitative estimate of drug-likeness (QED) is 0.629. The van der Waals surface area contributed by atoms with E-state index in [4.69, 9.17) is 0 Å². The number of amides is 1. The number of hydrogen-bond acceptors (Lipinski definition) is 6. The van der Waals surface area contributed by atoms with Crippen molar-refractivity contribution < 1.29 is 13.2 Å². The van der Waals surface area contributed by atoms with Crippen molar-refractivity contribution >= 4 is 27.3 Å². The molecule has 3 heterocycles. The second-order valence-corrected chi connectivity index (χ2v) is 7.92. The van der Waals surface area contributed by atoms with Crippen LogP contribution in [0.25, 0.3) is 0 Å². The summed E-state index contributed by atoms with van der Waals surface area (Å²) in [4.78, 5) is 12.9. The number of carbonyl (C=O) groups is 1. The number of hydrogen-bond donors (Lipinski definition) is 2. The van der Waals surface area contributed by atoms with Crippen LogP contribution >= 0.6 is 0 Å². The summed E-state index contributed by atoms with van der Waals surface area (Å²) in [6.07, 6.45) is 4.11. The number of aromatic nitrogens is 6. The Labute approximate surface area is 162 Å². The van der Waals surface area contributed by atoms with Gasteiger partial charge < -0.3 is 5.32 Å². The van der Waals surface area contributed by atoms with Crippen molar-refractivity contribution in [1.82, 2.24) is 29.3 Å². The predicted molar refractivity (Wildman–Crippen MR) is 103 cm³/mol. The number of rotatable bonds is 6. The minimum Gasteiger partial charge on any atom is -0.318 e. The predicted octanol–water partition coefficient (Wildman–Crippen LogP) is 1.04. The topological polar surface area (TPSA) is 129 Å². The van der Waals surface area contributed by atoms with Crippen LogP contribution in [0.5, 0.6) is 0 Å². The van der Waals surface area contributed by atoms with Crippen molar-refractivity contribution in [1.29, 1.82) is 0 Å². The molecule has 0 saturated carbocycles. The molecule has 0 radical (unpaired) electrons. The third-order valence-electron chi connectivity index (χ3n) is 4.56. The highest BCUT2D eigenvalue weighted by Gasteiger charge is 2.26. The van der Waals surface area contributed by atoms with Crippen LogP contribution in [0.2, 0.25) is 0 Å². The lowest BCUT2D eigenvalue weighted by Crippen LogP contribution is -2.21. The molecule has 0 atom stereocenters. The molecular weight excluding hydrogens is 384 g/mol. The highest BCUT2D eigenvalue weighted by atomic mass is 32.2. The number of carbonyl (C=O) groups excluding carboxylic acids is 1. The Morgan fingerprint density at radius 1 is 1.00 bits per heavy atom. The Hall–Kier alpha value is -3.15. The van der Waals surface area contributed by atoms with Gasteiger partial charge in [0.2, 0.25) is 0 Å². The molecule has 0 aliphatic rings. The smallest absolute Gasteiger partial charge is 0.276 e. The van der Waals surface area contributed by atoms with Gasteiger partial charge in [-0.3, -0.25) is 23.6 Å². The first-order valence-corrected chi connectivity index (χ1v) is 10.0. The van der Waals surface area contributed by atoms with E-state index in [1.807, 2.05) is 13.8 Å². The van der Waals surface area contributed by atoms with Crippen LogP contribution in [0.15, 0.2) is 23.5 Å². The normalized spacial score (nSPS) is 11.6. The van der Waals surface area contributed by atoms with Crippen LogP contribution in [0.1, 0.15) is 28.8 Å². The molecule has 0 aliphatic carbocycles. The lowest BCUT2D eigenvalue weighted by molar-refractivity contribution is 0.101. The van der Waals surface area contributed by atoms with Crippen LogP contribution in [0, 0.1) is 13.8 Å². The van der Waals surface area contributed by atoms with Crippen LogP contribution in [0.4, 0.5) is 11.4 Å². The molecule has 1 amide bonds. The molecule has 0 saturated heterocycles. The summed E-state index contributed by atoms with van der Waals surface area (Å²) in [6, 6.07) is 0. The maximum absolute atomic E-state index is 12.9. The molecule has 0 fully saturated rings. The molecule has 28 heavy (non-hydrogen) atoms. The van der Waals surface area contributed by atoms with Gasteiger partial charge in [-0.1, -0.05) is 0 Å². The Balaban J connectivity index is 1.95. The van der Waals surface area contributed by atoms with Crippen molar-refractivity contribution in [3.05, 3.63) is 35.7 Å². The van der Waals surface area contributed by atoms with E-state index >= 15 is 0 Å². The van der Waals surface area contributed by atoms with Gasteiger partial charge in [-0.25, -0.2) is 8.42 Å². The first-order chi connectivity index (χ1) is 13.2. The minimum atomic E-state index is -3.93. The van der Waals surface area contributed by atoms with E-state index < -0.39 is 15.9 Å². The Bertz CT molecular complexity index is 1140. The van der Waals surface area contributed by atoms with E-state index in [2.05, 4.69) is 25.3 Å². The average Bonchev–Trinajstić information content (AvgIpc) is 3.29. The first-order valence-electron chi connectivity index (χ1n) is 8.52. The molecule has 2 N–H and O–H groups in total. The number of aryl methyl sites for hydroxylation is 3. The fraction of sp³-hybridized carbons (Fsp3) is 0.375. The second kappa shape index (κ2) is 7.11. The van der Waals surface area contributed by atoms with Gasteiger partial charge in [-0.05, 0) is 20.8 Å². The van der Waals surface area contributed by atoms with Crippen molar-refractivity contribution in [2.75, 3.05) is 10.0 Å². The Morgan fingerprint density at radius 3 is 2.14 bits per heavy atom. The van der Waals surface area contributed by atoms with Crippen LogP contribution < -0.4 is 10.0 Å². The van der Waals surface area contributed by atoms with Crippen molar-refractivity contribution in [2.45, 2.75) is 32.2 Å². The van der Waals surface area contributed by atoms with Crippen molar-refractivity contribution in [2.24, 2.45) is 14.1 Å². The fourth-order valence-corrected chi connectivity index (χ4v) is 3.94. The molecule has 0 spiro atoms. The molecule has 3 rings (SSSR count). The van der Waals surface area contributed by atoms with Gasteiger partial charge in [0.05, 0.1) is 41.4 Å². The van der Waals surface area contributed by atoms with Gasteiger partial charge in [-0.2, -0.15) is 15.3 Å². The van der Waals surface area contributed by atoms with Gasteiger partial charge in [0.15, 0.2) is 5.69 Å². The molecule has 0 aromatic carbocycles. The van der Waals surface area contributed by atoms with Gasteiger partial charge in [-0.15, -0.1) is 0 Å². The van der Waals surface area contributed by atoms with E-state index in [1.165, 1.54) is 28.0 Å². The molecule has 12 heteroatoms. The number of anilines is 2. The highest BCUT2D eigenvalue weighted by Crippen LogP contribution is 2.23. The highest BCUT2D eigenvalue weighted by molar-refractivity contribution is 7.92. The zero-order chi connectivity index (χ0) is 20.6. The molecule has 0 bridgehead atoms. The first kappa shape index (κ1) is 19.6. The lowest BCUT2D eigenvalue weighted by Gasteiger charge is -2.11. The third kappa shape index (κ3) is 3.38. The standard InChI is InChI=1S/C16H22N8O3S/c1-6-24-15(16(25)20-12-7-17-22(4)10(12)2)13(8-19-24)21-28(26,27)14-9-18-23(5)11(14)3/h7-9,21H,6H2,1-5H3,(H,20,25). The SMILES string of the molecule is CCn1ncc(NS(=O)(=O)c2cnn(C)c2C)c1C(=O)Nc1cnn(C)c1C. The summed E-state index contributed by atoms with van der Waals surface area (Å²) in [6.45, 7) is 5.66. The summed E-state index contributed by atoms with van der Waals surface area (Å²) in [7, 11) is -0.522. The van der Waals surface area contributed by atoms with Gasteiger partial charge in [0.25, 0.3) is 15.9 Å². The summed E-state index contributed by atoms with van der Waals surface area (Å²) in [5.74, 6) is -0.490. The van der Waals surface area contributed by atoms with E-state index in [0.29, 0.717) is 17.9 Å². The molecular formula is C16H22N8O3S. The Morgan fingerprint density at radius 2 is 1.61 bits per heavy atom. The van der Waals surface area contributed by atoms with E-state index in [-0.39, 0.29) is 16.3 Å². The van der Waals surface area contributed by atoms with Gasteiger partial charge >= 0.3 is 0 Å². The molecule has 3 aromatic heterocycles. The zero-order valence-electron chi connectivity index (χ0n) is 16.3.